The molecule has 1 amide bonds. The van der Waals surface area contributed by atoms with E-state index in [9.17, 15) is 4.79 Å². The molecule has 3 aromatic rings. The van der Waals surface area contributed by atoms with E-state index in [2.05, 4.69) is 25.5 Å². The van der Waals surface area contributed by atoms with Gasteiger partial charge in [-0.2, -0.15) is 0 Å². The molecule has 0 spiro atoms. The van der Waals surface area contributed by atoms with Gasteiger partial charge in [-0.05, 0) is 17.5 Å². The van der Waals surface area contributed by atoms with Gasteiger partial charge in [0.15, 0.2) is 0 Å². The Labute approximate surface area is 115 Å². The molecule has 0 aliphatic heterocycles. The lowest BCUT2D eigenvalue weighted by atomic mass is 10.1. The summed E-state index contributed by atoms with van der Waals surface area (Å²) >= 11 is 0. The lowest BCUT2D eigenvalue weighted by Gasteiger charge is -2.06. The Morgan fingerprint density at radius 3 is 3.05 bits per heavy atom. The second-order valence-corrected chi connectivity index (χ2v) is 4.32. The van der Waals surface area contributed by atoms with Crippen LogP contribution in [0.15, 0.2) is 36.7 Å². The molecular formula is C14H13N5O. The standard InChI is InChI=1S/C14H13N5O/c1-2-12-17-13(19-18-12)14(20)16-11-5-3-4-9-6-7-15-8-10(9)11/h3-8H,2H2,1H3,(H,16,20)(H,17,18,19). The van der Waals surface area contributed by atoms with Crippen molar-refractivity contribution in [2.24, 2.45) is 0 Å². The molecule has 6 nitrogen and oxygen atoms in total. The fourth-order valence-corrected chi connectivity index (χ4v) is 1.96. The van der Waals surface area contributed by atoms with Crippen molar-refractivity contribution in [2.75, 3.05) is 5.32 Å². The summed E-state index contributed by atoms with van der Waals surface area (Å²) < 4.78 is 0. The normalized spacial score (nSPS) is 10.7. The molecule has 0 atom stereocenters. The van der Waals surface area contributed by atoms with Gasteiger partial charge < -0.3 is 5.32 Å². The van der Waals surface area contributed by atoms with Crippen LogP contribution in [0, 0.1) is 0 Å². The molecule has 0 aliphatic carbocycles. The Hall–Kier alpha value is -2.76. The van der Waals surface area contributed by atoms with Crippen molar-refractivity contribution < 1.29 is 4.79 Å². The van der Waals surface area contributed by atoms with E-state index in [0.717, 1.165) is 10.8 Å². The van der Waals surface area contributed by atoms with Crippen LogP contribution >= 0.6 is 0 Å². The Balaban J connectivity index is 1.91. The van der Waals surface area contributed by atoms with E-state index in [1.54, 1.807) is 12.4 Å². The summed E-state index contributed by atoms with van der Waals surface area (Å²) in [6, 6.07) is 7.57. The topological polar surface area (TPSA) is 83.6 Å². The number of carbonyl (C=O) groups is 1. The first-order chi connectivity index (χ1) is 9.78. The SMILES string of the molecule is CCc1nc(C(=O)Nc2cccc3ccncc23)n[nH]1. The molecule has 0 radical (unpaired) electrons. The predicted octanol–water partition coefficient (Wildman–Crippen LogP) is 2.17. The quantitative estimate of drug-likeness (QED) is 0.761. The highest BCUT2D eigenvalue weighted by molar-refractivity contribution is 6.07. The van der Waals surface area contributed by atoms with Crippen LogP contribution in [-0.2, 0) is 6.42 Å². The second-order valence-electron chi connectivity index (χ2n) is 4.32. The molecule has 2 N–H and O–H groups in total. The zero-order valence-electron chi connectivity index (χ0n) is 10.9. The Bertz CT molecular complexity index is 760. The summed E-state index contributed by atoms with van der Waals surface area (Å²) in [7, 11) is 0. The zero-order chi connectivity index (χ0) is 13.9. The van der Waals surface area contributed by atoms with Crippen LogP contribution in [-0.4, -0.2) is 26.1 Å². The van der Waals surface area contributed by atoms with Gasteiger partial charge in [0.25, 0.3) is 5.91 Å². The number of anilines is 1. The van der Waals surface area contributed by atoms with E-state index in [-0.39, 0.29) is 11.7 Å². The van der Waals surface area contributed by atoms with Crippen LogP contribution in [0.4, 0.5) is 5.69 Å². The van der Waals surface area contributed by atoms with Crippen LogP contribution in [0.5, 0.6) is 0 Å². The summed E-state index contributed by atoms with van der Waals surface area (Å²) in [5.41, 5.74) is 0.698. The van der Waals surface area contributed by atoms with Gasteiger partial charge in [-0.1, -0.05) is 19.1 Å². The van der Waals surface area contributed by atoms with Gasteiger partial charge in [-0.3, -0.25) is 14.9 Å². The maximum Gasteiger partial charge on any atom is 0.295 e. The average molecular weight is 267 g/mol. The number of H-pyrrole nitrogens is 1. The molecule has 0 aliphatic rings. The molecule has 0 unspecified atom stereocenters. The van der Waals surface area contributed by atoms with Gasteiger partial charge in [0.05, 0.1) is 5.69 Å². The van der Waals surface area contributed by atoms with Crippen molar-refractivity contribution in [3.05, 3.63) is 48.3 Å². The third kappa shape index (κ3) is 2.23. The first-order valence-electron chi connectivity index (χ1n) is 6.33. The predicted molar refractivity (Wildman–Crippen MR) is 75.5 cm³/mol. The summed E-state index contributed by atoms with van der Waals surface area (Å²) in [6.45, 7) is 1.94. The number of nitrogens with one attached hydrogen (secondary N) is 2. The van der Waals surface area contributed by atoms with Crippen LogP contribution in [0.25, 0.3) is 10.8 Å². The van der Waals surface area contributed by atoms with Crippen molar-refractivity contribution in [1.82, 2.24) is 20.2 Å². The van der Waals surface area contributed by atoms with Crippen molar-refractivity contribution in [3.8, 4) is 0 Å². The lowest BCUT2D eigenvalue weighted by molar-refractivity contribution is 0.101. The lowest BCUT2D eigenvalue weighted by Crippen LogP contribution is -2.14. The number of fused-ring (bicyclic) bond motifs is 1. The van der Waals surface area contributed by atoms with Gasteiger partial charge in [0, 0.05) is 24.2 Å². The largest absolute Gasteiger partial charge is 0.319 e. The second kappa shape index (κ2) is 5.08. The fraction of sp³-hybridized carbons (Fsp3) is 0.143. The smallest absolute Gasteiger partial charge is 0.295 e. The molecule has 6 heteroatoms. The fourth-order valence-electron chi connectivity index (χ4n) is 1.96. The van der Waals surface area contributed by atoms with Gasteiger partial charge in [-0.15, -0.1) is 5.10 Å². The molecule has 2 aromatic heterocycles. The first-order valence-corrected chi connectivity index (χ1v) is 6.33. The number of pyridine rings is 1. The van der Waals surface area contributed by atoms with Gasteiger partial charge in [0.1, 0.15) is 5.82 Å². The number of aromatic amines is 1. The monoisotopic (exact) mass is 267 g/mol. The average Bonchev–Trinajstić information content (AvgIpc) is 2.97. The maximum atomic E-state index is 12.1. The van der Waals surface area contributed by atoms with Crippen molar-refractivity contribution in [3.63, 3.8) is 0 Å². The number of aromatic nitrogens is 4. The Morgan fingerprint density at radius 2 is 2.25 bits per heavy atom. The van der Waals surface area contributed by atoms with Crippen LogP contribution < -0.4 is 5.32 Å². The van der Waals surface area contributed by atoms with Crippen molar-refractivity contribution >= 4 is 22.4 Å². The van der Waals surface area contributed by atoms with Crippen LogP contribution in [0.2, 0.25) is 0 Å². The summed E-state index contributed by atoms with van der Waals surface area (Å²) in [6.07, 6.45) is 4.15. The number of rotatable bonds is 3. The van der Waals surface area contributed by atoms with Gasteiger partial charge >= 0.3 is 0 Å². The number of amides is 1. The molecule has 2 heterocycles. The Kier molecular flexibility index (Phi) is 3.12. The van der Waals surface area contributed by atoms with E-state index in [0.29, 0.717) is 17.9 Å². The molecule has 3 rings (SSSR count). The molecule has 0 bridgehead atoms. The molecule has 100 valence electrons. The van der Waals surface area contributed by atoms with E-state index in [4.69, 9.17) is 0 Å². The van der Waals surface area contributed by atoms with E-state index in [1.807, 2.05) is 31.2 Å². The van der Waals surface area contributed by atoms with E-state index in [1.165, 1.54) is 0 Å². The minimum Gasteiger partial charge on any atom is -0.319 e. The maximum absolute atomic E-state index is 12.1. The summed E-state index contributed by atoms with van der Waals surface area (Å²) in [5, 5.41) is 11.3. The number of hydrogen-bond donors (Lipinski definition) is 2. The van der Waals surface area contributed by atoms with Crippen LogP contribution in [0.3, 0.4) is 0 Å². The van der Waals surface area contributed by atoms with Gasteiger partial charge in [-0.25, -0.2) is 4.98 Å². The first kappa shape index (κ1) is 12.3. The molecule has 1 aromatic carbocycles. The molecule has 0 fully saturated rings. The highest BCUT2D eigenvalue weighted by Gasteiger charge is 2.13. The van der Waals surface area contributed by atoms with E-state index >= 15 is 0 Å². The highest BCUT2D eigenvalue weighted by atomic mass is 16.2. The number of carbonyl (C=O) groups excluding carboxylic acids is 1. The Morgan fingerprint density at radius 1 is 1.35 bits per heavy atom. The van der Waals surface area contributed by atoms with Crippen LogP contribution in [0.1, 0.15) is 23.4 Å². The molecule has 0 saturated carbocycles. The molecule has 0 saturated heterocycles. The van der Waals surface area contributed by atoms with Crippen molar-refractivity contribution in [2.45, 2.75) is 13.3 Å². The minimum atomic E-state index is -0.336. The zero-order valence-corrected chi connectivity index (χ0v) is 10.9. The van der Waals surface area contributed by atoms with Gasteiger partial charge in [0.2, 0.25) is 5.82 Å². The number of nitrogens with zero attached hydrogens (tertiary/aromatic N) is 3. The third-order valence-electron chi connectivity index (χ3n) is 3.00. The number of hydrogen-bond acceptors (Lipinski definition) is 4. The summed E-state index contributed by atoms with van der Waals surface area (Å²) in [5.74, 6) is 0.495. The third-order valence-corrected chi connectivity index (χ3v) is 3.00. The molecular weight excluding hydrogens is 254 g/mol. The highest BCUT2D eigenvalue weighted by Crippen LogP contribution is 2.22. The molecule has 20 heavy (non-hydrogen) atoms. The van der Waals surface area contributed by atoms with Crippen molar-refractivity contribution in [1.29, 1.82) is 0 Å². The number of benzene rings is 1. The number of aryl methyl sites for hydroxylation is 1. The minimum absolute atomic E-state index is 0.141. The summed E-state index contributed by atoms with van der Waals surface area (Å²) in [4.78, 5) is 20.3. The van der Waals surface area contributed by atoms with E-state index < -0.39 is 0 Å².